The van der Waals surface area contributed by atoms with Gasteiger partial charge in [-0.05, 0) is 36.4 Å². The number of hydrogen-bond acceptors (Lipinski definition) is 8. The molecule has 0 aliphatic carbocycles. The van der Waals surface area contributed by atoms with Crippen molar-refractivity contribution in [1.29, 1.82) is 0 Å². The third-order valence-electron chi connectivity index (χ3n) is 10.8. The Bertz CT molecular complexity index is 3450. The van der Waals surface area contributed by atoms with Gasteiger partial charge in [0.1, 0.15) is 17.0 Å². The Labute approximate surface area is 334 Å². The van der Waals surface area contributed by atoms with E-state index in [9.17, 15) is 0 Å². The van der Waals surface area contributed by atoms with E-state index in [4.69, 9.17) is 24.4 Å². The molecule has 12 rings (SSSR count). The van der Waals surface area contributed by atoms with E-state index in [-0.39, 0.29) is 0 Å². The van der Waals surface area contributed by atoms with Crippen LogP contribution in [0.15, 0.2) is 178 Å². The molecule has 6 nitrogen and oxygen atoms in total. The number of nitrogens with zero attached hydrogens (tertiary/aromatic N) is 4. The van der Waals surface area contributed by atoms with E-state index >= 15 is 0 Å². The molecule has 1 aliphatic heterocycles. The van der Waals surface area contributed by atoms with E-state index in [0.717, 1.165) is 82.7 Å². The zero-order chi connectivity index (χ0) is 37.5. The second-order valence-electron chi connectivity index (χ2n) is 14.2. The van der Waals surface area contributed by atoms with Crippen LogP contribution in [0.2, 0.25) is 0 Å². The fourth-order valence-electron chi connectivity index (χ4n) is 8.03. The number of nitrogens with one attached hydrogen (secondary N) is 1. The summed E-state index contributed by atoms with van der Waals surface area (Å²) in [5, 5.41) is 9.37. The molecular formula is C49H29N5OS2. The summed E-state index contributed by atoms with van der Waals surface area (Å²) >= 11 is 3.54. The zero-order valence-corrected chi connectivity index (χ0v) is 31.8. The van der Waals surface area contributed by atoms with Gasteiger partial charge in [-0.2, -0.15) is 0 Å². The van der Waals surface area contributed by atoms with E-state index < -0.39 is 6.17 Å². The summed E-state index contributed by atoms with van der Waals surface area (Å²) in [6.07, 6.45) is -0.409. The third-order valence-corrected chi connectivity index (χ3v) is 13.1. The molecule has 8 heteroatoms. The van der Waals surface area contributed by atoms with E-state index in [1.54, 1.807) is 22.7 Å². The molecule has 0 spiro atoms. The number of aliphatic imine (C=N–C) groups is 2. The second kappa shape index (κ2) is 12.8. The molecule has 5 heterocycles. The summed E-state index contributed by atoms with van der Waals surface area (Å²) in [7, 11) is 0. The minimum Gasteiger partial charge on any atom is -0.456 e. The van der Waals surface area contributed by atoms with Crippen molar-refractivity contribution < 1.29 is 4.42 Å². The van der Waals surface area contributed by atoms with Gasteiger partial charge in [0.25, 0.3) is 0 Å². The lowest BCUT2D eigenvalue weighted by Gasteiger charge is -2.23. The first-order valence-corrected chi connectivity index (χ1v) is 20.5. The second-order valence-corrected chi connectivity index (χ2v) is 16.3. The minimum absolute atomic E-state index is 0.409. The summed E-state index contributed by atoms with van der Waals surface area (Å²) in [6, 6.07) is 56.8. The van der Waals surface area contributed by atoms with Crippen molar-refractivity contribution in [2.45, 2.75) is 6.17 Å². The first kappa shape index (κ1) is 32.3. The Hall–Kier alpha value is -7.00. The molecule has 268 valence electrons. The predicted octanol–water partition coefficient (Wildman–Crippen LogP) is 12.9. The average molecular weight is 768 g/mol. The topological polar surface area (TPSA) is 75.7 Å². The van der Waals surface area contributed by atoms with Crippen LogP contribution in [0.4, 0.5) is 0 Å². The summed E-state index contributed by atoms with van der Waals surface area (Å²) in [6.45, 7) is 0. The molecule has 57 heavy (non-hydrogen) atoms. The van der Waals surface area contributed by atoms with Crippen LogP contribution < -0.4 is 5.32 Å². The molecule has 4 aromatic heterocycles. The van der Waals surface area contributed by atoms with Crippen LogP contribution in [0.1, 0.15) is 22.9 Å². The van der Waals surface area contributed by atoms with Gasteiger partial charge in [-0.1, -0.05) is 127 Å². The van der Waals surface area contributed by atoms with E-state index in [2.05, 4.69) is 127 Å². The highest BCUT2D eigenvalue weighted by Gasteiger charge is 2.25. The fraction of sp³-hybridized carbons (Fsp3) is 0.0204. The van der Waals surface area contributed by atoms with Gasteiger partial charge < -0.3 is 9.73 Å². The van der Waals surface area contributed by atoms with Gasteiger partial charge in [-0.25, -0.2) is 20.0 Å². The molecule has 1 aliphatic rings. The van der Waals surface area contributed by atoms with Crippen LogP contribution in [-0.2, 0) is 0 Å². The molecule has 0 saturated heterocycles. The van der Waals surface area contributed by atoms with Gasteiger partial charge in [-0.15, -0.1) is 22.7 Å². The molecule has 1 unspecified atom stereocenters. The molecular weight excluding hydrogens is 739 g/mol. The van der Waals surface area contributed by atoms with Crippen LogP contribution in [0, 0.1) is 0 Å². The fourth-order valence-corrected chi connectivity index (χ4v) is 10.3. The number of para-hydroxylation sites is 2. The molecule has 0 saturated carbocycles. The zero-order valence-electron chi connectivity index (χ0n) is 30.2. The normalized spacial score (nSPS) is 14.5. The average Bonchev–Trinajstić information content (AvgIpc) is 3.97. The van der Waals surface area contributed by atoms with Gasteiger partial charge in [0.05, 0.1) is 15.9 Å². The number of benzene rings is 7. The number of thiophene rings is 2. The summed E-state index contributed by atoms with van der Waals surface area (Å²) < 4.78 is 11.2. The van der Waals surface area contributed by atoms with Gasteiger partial charge in [0.15, 0.2) is 17.8 Å². The number of hydrogen-bond donors (Lipinski definition) is 1. The van der Waals surface area contributed by atoms with Crippen LogP contribution in [0.25, 0.3) is 85.1 Å². The first-order valence-electron chi connectivity index (χ1n) is 18.8. The maximum absolute atomic E-state index is 6.46. The lowest BCUT2D eigenvalue weighted by atomic mass is 10.0. The van der Waals surface area contributed by atoms with Crippen molar-refractivity contribution in [3.05, 3.63) is 180 Å². The maximum Gasteiger partial charge on any atom is 0.160 e. The van der Waals surface area contributed by atoms with Crippen LogP contribution in [-0.4, -0.2) is 21.6 Å². The molecule has 0 bridgehead atoms. The smallest absolute Gasteiger partial charge is 0.160 e. The number of aromatic nitrogens is 2. The number of furan rings is 1. The standard InChI is InChI=1S/C49H29N5OS2/c1-3-12-28(13-4-1)42-45-43(35-17-8-10-21-39(35)57-45)51-47(50-42)31-22-24-33-37-26-30(23-25-40(37)56-41(33)27-31)48-52-46(29-14-5-2-6-15-29)53-49(54-48)36-19-11-18-34-32-16-7-9-20-38(32)55-44(34)36/h1-27,49H,(H,52,53,54). The Balaban J connectivity index is 0.965. The van der Waals surface area contributed by atoms with Crippen molar-refractivity contribution in [1.82, 2.24) is 15.3 Å². The van der Waals surface area contributed by atoms with E-state index in [1.807, 2.05) is 42.5 Å². The first-order chi connectivity index (χ1) is 28.2. The van der Waals surface area contributed by atoms with Crippen molar-refractivity contribution in [3.63, 3.8) is 0 Å². The van der Waals surface area contributed by atoms with Crippen LogP contribution in [0.3, 0.4) is 0 Å². The summed E-state index contributed by atoms with van der Waals surface area (Å²) in [4.78, 5) is 20.7. The molecule has 0 amide bonds. The van der Waals surface area contributed by atoms with Crippen molar-refractivity contribution in [3.8, 4) is 22.6 Å². The Morgan fingerprint density at radius 2 is 1.25 bits per heavy atom. The molecule has 11 aromatic rings. The lowest BCUT2D eigenvalue weighted by Crippen LogP contribution is -2.33. The highest BCUT2D eigenvalue weighted by molar-refractivity contribution is 7.26. The monoisotopic (exact) mass is 767 g/mol. The third kappa shape index (κ3) is 5.29. The molecule has 1 N–H and O–H groups in total. The van der Waals surface area contributed by atoms with Crippen molar-refractivity contribution in [2.75, 3.05) is 0 Å². The summed E-state index contributed by atoms with van der Waals surface area (Å²) in [5.41, 5.74) is 8.64. The van der Waals surface area contributed by atoms with Crippen LogP contribution >= 0.6 is 22.7 Å². The van der Waals surface area contributed by atoms with Gasteiger partial charge in [0.2, 0.25) is 0 Å². The number of rotatable bonds is 5. The van der Waals surface area contributed by atoms with Crippen LogP contribution in [0.5, 0.6) is 0 Å². The molecule has 0 fully saturated rings. The minimum atomic E-state index is -0.409. The maximum atomic E-state index is 6.46. The Morgan fingerprint density at radius 1 is 0.509 bits per heavy atom. The lowest BCUT2D eigenvalue weighted by molar-refractivity contribution is 0.628. The number of fused-ring (bicyclic) bond motifs is 9. The number of amidine groups is 2. The summed E-state index contributed by atoms with van der Waals surface area (Å²) in [5.74, 6) is 2.16. The van der Waals surface area contributed by atoms with Gasteiger partial charge >= 0.3 is 0 Å². The Morgan fingerprint density at radius 3 is 2.12 bits per heavy atom. The van der Waals surface area contributed by atoms with E-state index in [1.165, 1.54) is 24.9 Å². The van der Waals surface area contributed by atoms with Gasteiger partial charge in [-0.3, -0.25) is 0 Å². The molecule has 0 radical (unpaired) electrons. The highest BCUT2D eigenvalue weighted by atomic mass is 32.1. The van der Waals surface area contributed by atoms with Gasteiger partial charge in [0, 0.05) is 68.8 Å². The van der Waals surface area contributed by atoms with E-state index in [0.29, 0.717) is 5.84 Å². The predicted molar refractivity (Wildman–Crippen MR) is 238 cm³/mol. The largest absolute Gasteiger partial charge is 0.456 e. The molecule has 1 atom stereocenters. The molecule has 7 aromatic carbocycles. The highest BCUT2D eigenvalue weighted by Crippen LogP contribution is 2.41. The van der Waals surface area contributed by atoms with Crippen molar-refractivity contribution in [2.24, 2.45) is 9.98 Å². The SMILES string of the molecule is c1ccc(C2=NC(c3cccc4c3oc3ccccc34)NC(c3ccc4sc5cc(-c6nc(-c7ccccc7)c7sc8ccccc8c7n6)ccc5c4c3)=N2)cc1. The quantitative estimate of drug-likeness (QED) is 0.189. The van der Waals surface area contributed by atoms with Crippen molar-refractivity contribution >= 4 is 96.8 Å². The Kier molecular flexibility index (Phi) is 7.23.